The second-order valence-corrected chi connectivity index (χ2v) is 6.90. The average Bonchev–Trinajstić information content (AvgIpc) is 2.73. The highest BCUT2D eigenvalue weighted by atomic mass is 16.5. The van der Waals surface area contributed by atoms with E-state index in [1.165, 1.54) is 0 Å². The number of aryl methyl sites for hydroxylation is 1. The molecule has 2 N–H and O–H groups in total. The predicted octanol–water partition coefficient (Wildman–Crippen LogP) is 3.62. The van der Waals surface area contributed by atoms with Gasteiger partial charge in [0, 0.05) is 36.0 Å². The molecule has 0 radical (unpaired) electrons. The second kappa shape index (κ2) is 7.75. The first kappa shape index (κ1) is 18.7. The molecule has 146 valence electrons. The van der Waals surface area contributed by atoms with Gasteiger partial charge in [0.25, 0.3) is 0 Å². The van der Waals surface area contributed by atoms with Crippen LogP contribution in [0, 0.1) is 6.92 Å². The molecule has 0 saturated carbocycles. The number of aromatic nitrogens is 1. The Bertz CT molecular complexity index is 1080. The number of hydrogen-bond donors (Lipinski definition) is 1. The Labute approximate surface area is 168 Å². The van der Waals surface area contributed by atoms with Crippen LogP contribution in [0.15, 0.2) is 60.9 Å². The Morgan fingerprint density at radius 2 is 1.97 bits per heavy atom. The molecule has 1 unspecified atom stereocenters. The summed E-state index contributed by atoms with van der Waals surface area (Å²) >= 11 is 0. The largest absolute Gasteiger partial charge is 0.492 e. The van der Waals surface area contributed by atoms with Gasteiger partial charge in [0.2, 0.25) is 5.91 Å². The molecular formula is C23H20N2O4. The monoisotopic (exact) mass is 388 g/mol. The SMILES string of the molecule is Cc1cnccc1C(Oc1ccc2c(c1)OCCC2=O)c1ccc(C(N)=O)cc1. The van der Waals surface area contributed by atoms with Crippen molar-refractivity contribution in [2.45, 2.75) is 19.4 Å². The first-order chi connectivity index (χ1) is 14.0. The van der Waals surface area contributed by atoms with Gasteiger partial charge in [0.15, 0.2) is 5.78 Å². The van der Waals surface area contributed by atoms with Crippen LogP contribution in [0.25, 0.3) is 0 Å². The maximum absolute atomic E-state index is 12.0. The number of Topliss-reactive ketones (excluding diaryl/α,β-unsaturated/α-hetero) is 1. The van der Waals surface area contributed by atoms with E-state index >= 15 is 0 Å². The molecule has 2 heterocycles. The molecule has 0 fully saturated rings. The molecule has 1 atom stereocenters. The molecule has 6 nitrogen and oxygen atoms in total. The Hall–Kier alpha value is -3.67. The first-order valence-corrected chi connectivity index (χ1v) is 9.30. The molecule has 1 amide bonds. The van der Waals surface area contributed by atoms with Gasteiger partial charge in [-0.1, -0.05) is 12.1 Å². The third-order valence-electron chi connectivity index (χ3n) is 4.94. The second-order valence-electron chi connectivity index (χ2n) is 6.90. The molecule has 4 rings (SSSR count). The number of amides is 1. The van der Waals surface area contributed by atoms with Crippen molar-refractivity contribution >= 4 is 11.7 Å². The third kappa shape index (κ3) is 3.82. The number of carbonyl (C=O) groups excluding carboxylic acids is 2. The molecule has 2 aromatic carbocycles. The van der Waals surface area contributed by atoms with E-state index in [4.69, 9.17) is 15.2 Å². The number of benzene rings is 2. The Morgan fingerprint density at radius 1 is 1.17 bits per heavy atom. The van der Waals surface area contributed by atoms with Gasteiger partial charge < -0.3 is 15.2 Å². The summed E-state index contributed by atoms with van der Waals surface area (Å²) in [7, 11) is 0. The Balaban J connectivity index is 1.72. The molecular weight excluding hydrogens is 368 g/mol. The predicted molar refractivity (Wildman–Crippen MR) is 107 cm³/mol. The number of rotatable bonds is 5. The minimum Gasteiger partial charge on any atom is -0.492 e. The van der Waals surface area contributed by atoms with E-state index in [1.807, 2.05) is 25.1 Å². The zero-order chi connectivity index (χ0) is 20.4. The van der Waals surface area contributed by atoms with Gasteiger partial charge in [-0.3, -0.25) is 14.6 Å². The summed E-state index contributed by atoms with van der Waals surface area (Å²) in [5, 5.41) is 0. The van der Waals surface area contributed by atoms with E-state index in [9.17, 15) is 9.59 Å². The number of hydrogen-bond acceptors (Lipinski definition) is 5. The van der Waals surface area contributed by atoms with Crippen molar-refractivity contribution in [1.29, 1.82) is 0 Å². The van der Waals surface area contributed by atoms with Gasteiger partial charge in [-0.15, -0.1) is 0 Å². The fraction of sp³-hybridized carbons (Fsp3) is 0.174. The molecule has 6 heteroatoms. The fourth-order valence-electron chi connectivity index (χ4n) is 3.36. The zero-order valence-corrected chi connectivity index (χ0v) is 15.9. The van der Waals surface area contributed by atoms with Crippen LogP contribution in [0.2, 0.25) is 0 Å². The van der Waals surface area contributed by atoms with Crippen LogP contribution in [0.5, 0.6) is 11.5 Å². The van der Waals surface area contributed by atoms with E-state index in [2.05, 4.69) is 4.98 Å². The van der Waals surface area contributed by atoms with Gasteiger partial charge >= 0.3 is 0 Å². The van der Waals surface area contributed by atoms with Crippen molar-refractivity contribution in [1.82, 2.24) is 4.98 Å². The number of ketones is 1. The maximum atomic E-state index is 12.0. The quantitative estimate of drug-likeness (QED) is 0.721. The summed E-state index contributed by atoms with van der Waals surface area (Å²) in [5.74, 6) is 0.707. The van der Waals surface area contributed by atoms with E-state index < -0.39 is 12.0 Å². The van der Waals surface area contributed by atoms with E-state index in [0.29, 0.717) is 35.7 Å². The molecule has 0 saturated heterocycles. The molecule has 3 aromatic rings. The minimum absolute atomic E-state index is 0.0707. The molecule has 0 aliphatic carbocycles. The molecule has 1 aromatic heterocycles. The zero-order valence-electron chi connectivity index (χ0n) is 15.9. The van der Waals surface area contributed by atoms with Crippen molar-refractivity contribution < 1.29 is 19.1 Å². The lowest BCUT2D eigenvalue weighted by atomic mass is 9.97. The van der Waals surface area contributed by atoms with Crippen molar-refractivity contribution in [3.8, 4) is 11.5 Å². The van der Waals surface area contributed by atoms with Crippen molar-refractivity contribution in [2.75, 3.05) is 6.61 Å². The Morgan fingerprint density at radius 3 is 2.69 bits per heavy atom. The number of nitrogens with two attached hydrogens (primary N) is 1. The average molecular weight is 388 g/mol. The van der Waals surface area contributed by atoms with Gasteiger partial charge in [-0.2, -0.15) is 0 Å². The number of carbonyl (C=O) groups is 2. The van der Waals surface area contributed by atoms with Gasteiger partial charge in [0.1, 0.15) is 17.6 Å². The summed E-state index contributed by atoms with van der Waals surface area (Å²) < 4.78 is 12.0. The van der Waals surface area contributed by atoms with E-state index in [0.717, 1.165) is 16.7 Å². The molecule has 1 aliphatic rings. The summed E-state index contributed by atoms with van der Waals surface area (Å²) in [6, 6.07) is 14.2. The fourth-order valence-corrected chi connectivity index (χ4v) is 3.36. The van der Waals surface area contributed by atoms with Crippen molar-refractivity contribution in [3.05, 3.63) is 88.7 Å². The van der Waals surface area contributed by atoms with Crippen LogP contribution in [0.3, 0.4) is 0 Å². The lowest BCUT2D eigenvalue weighted by Gasteiger charge is -2.23. The highest BCUT2D eigenvalue weighted by Gasteiger charge is 2.22. The molecule has 1 aliphatic heterocycles. The number of pyridine rings is 1. The van der Waals surface area contributed by atoms with Crippen LogP contribution >= 0.6 is 0 Å². The summed E-state index contributed by atoms with van der Waals surface area (Å²) in [6.45, 7) is 2.34. The highest BCUT2D eigenvalue weighted by Crippen LogP contribution is 2.34. The van der Waals surface area contributed by atoms with E-state index in [-0.39, 0.29) is 5.78 Å². The van der Waals surface area contributed by atoms with Crippen molar-refractivity contribution in [3.63, 3.8) is 0 Å². The maximum Gasteiger partial charge on any atom is 0.248 e. The minimum atomic E-state index is -0.481. The molecule has 0 spiro atoms. The Kier molecular flexibility index (Phi) is 4.99. The van der Waals surface area contributed by atoms with Crippen LogP contribution < -0.4 is 15.2 Å². The lowest BCUT2D eigenvalue weighted by molar-refractivity contribution is 0.0932. The van der Waals surface area contributed by atoms with Gasteiger partial charge in [0.05, 0.1) is 12.2 Å². The molecule has 29 heavy (non-hydrogen) atoms. The number of nitrogens with zero attached hydrogens (tertiary/aromatic N) is 1. The summed E-state index contributed by atoms with van der Waals surface area (Å²) in [4.78, 5) is 27.6. The van der Waals surface area contributed by atoms with Crippen molar-refractivity contribution in [2.24, 2.45) is 5.73 Å². The number of fused-ring (bicyclic) bond motifs is 1. The van der Waals surface area contributed by atoms with Gasteiger partial charge in [-0.25, -0.2) is 0 Å². The standard InChI is InChI=1S/C23H20N2O4/c1-14-13-25-10-8-18(14)22(15-2-4-16(5-3-15)23(24)27)29-17-6-7-19-20(26)9-11-28-21(19)12-17/h2-8,10,12-13,22H,9,11H2,1H3,(H2,24,27). The van der Waals surface area contributed by atoms with Crippen LogP contribution in [-0.4, -0.2) is 23.3 Å². The normalized spacial score (nSPS) is 13.9. The van der Waals surface area contributed by atoms with Crippen LogP contribution in [0.4, 0.5) is 0 Å². The van der Waals surface area contributed by atoms with Crippen LogP contribution in [0.1, 0.15) is 49.9 Å². The molecule has 0 bridgehead atoms. The number of primary amides is 1. The topological polar surface area (TPSA) is 91.5 Å². The van der Waals surface area contributed by atoms with E-state index in [1.54, 1.807) is 42.7 Å². The third-order valence-corrected chi connectivity index (χ3v) is 4.94. The highest BCUT2D eigenvalue weighted by molar-refractivity contribution is 5.99. The van der Waals surface area contributed by atoms with Crippen LogP contribution in [-0.2, 0) is 0 Å². The summed E-state index contributed by atoms with van der Waals surface area (Å²) in [6.07, 6.45) is 3.44. The lowest BCUT2D eigenvalue weighted by Crippen LogP contribution is -2.16. The smallest absolute Gasteiger partial charge is 0.248 e. The van der Waals surface area contributed by atoms with Gasteiger partial charge in [-0.05, 0) is 48.4 Å². The first-order valence-electron chi connectivity index (χ1n) is 9.30. The number of ether oxygens (including phenoxy) is 2. The summed E-state index contributed by atoms with van der Waals surface area (Å²) in [5.41, 5.74) is 9.14.